The highest BCUT2D eigenvalue weighted by atomic mass is 16.5. The number of ether oxygens (including phenoxy) is 1. The fraction of sp³-hybridized carbons (Fsp3) is 0.417. The monoisotopic (exact) mass is 207 g/mol. The number of benzene rings is 1. The minimum Gasteiger partial charge on any atom is -0.462 e. The van der Waals surface area contributed by atoms with E-state index in [-0.39, 0.29) is 12.1 Å². The van der Waals surface area contributed by atoms with Gasteiger partial charge < -0.3 is 10.5 Å². The Bertz CT molecular complexity index is 298. The lowest BCUT2D eigenvalue weighted by atomic mass is 10.1. The molecule has 3 nitrogen and oxygen atoms in total. The molecule has 0 amide bonds. The zero-order valence-corrected chi connectivity index (χ0v) is 8.98. The molecule has 0 aliphatic rings. The van der Waals surface area contributed by atoms with E-state index >= 15 is 0 Å². The average molecular weight is 207 g/mol. The molecule has 0 heterocycles. The van der Waals surface area contributed by atoms with Crippen molar-refractivity contribution in [3.05, 3.63) is 35.9 Å². The number of hydrogen-bond donors (Lipinski definition) is 1. The van der Waals surface area contributed by atoms with Crippen LogP contribution in [0.3, 0.4) is 0 Å². The van der Waals surface area contributed by atoms with E-state index in [9.17, 15) is 4.79 Å². The highest BCUT2D eigenvalue weighted by Crippen LogP contribution is 2.06. The van der Waals surface area contributed by atoms with Gasteiger partial charge in [0.2, 0.25) is 0 Å². The highest BCUT2D eigenvalue weighted by molar-refractivity contribution is 5.69. The molecule has 0 saturated heterocycles. The minimum atomic E-state index is -0.221. The fourth-order valence-electron chi connectivity index (χ4n) is 1.39. The van der Waals surface area contributed by atoms with E-state index < -0.39 is 0 Å². The second kappa shape index (κ2) is 6.19. The molecule has 82 valence electrons. The van der Waals surface area contributed by atoms with Gasteiger partial charge in [-0.3, -0.25) is 4.79 Å². The van der Waals surface area contributed by atoms with Gasteiger partial charge in [0.1, 0.15) is 6.10 Å². The Morgan fingerprint density at radius 2 is 2.07 bits per heavy atom. The summed E-state index contributed by atoms with van der Waals surface area (Å²) in [6.07, 6.45) is 0.947. The molecule has 1 atom stereocenters. The standard InChI is InChI=1S/C12H17NO2/c1-10(15-12(14)7-8-13)9-11-5-3-2-4-6-11/h2-6,10H,7-9,13H2,1H3. The average Bonchev–Trinajstić information content (AvgIpc) is 2.19. The van der Waals surface area contributed by atoms with Crippen molar-refractivity contribution in [1.29, 1.82) is 0 Å². The first-order chi connectivity index (χ1) is 7.22. The summed E-state index contributed by atoms with van der Waals surface area (Å²) in [6.45, 7) is 2.23. The quantitative estimate of drug-likeness (QED) is 0.744. The number of rotatable bonds is 5. The van der Waals surface area contributed by atoms with Gasteiger partial charge in [-0.1, -0.05) is 30.3 Å². The van der Waals surface area contributed by atoms with E-state index in [1.807, 2.05) is 37.3 Å². The summed E-state index contributed by atoms with van der Waals surface area (Å²) < 4.78 is 5.18. The zero-order chi connectivity index (χ0) is 11.1. The zero-order valence-electron chi connectivity index (χ0n) is 8.98. The molecule has 0 radical (unpaired) electrons. The third-order valence-corrected chi connectivity index (χ3v) is 2.05. The van der Waals surface area contributed by atoms with Gasteiger partial charge in [0.05, 0.1) is 6.42 Å². The predicted octanol–water partition coefficient (Wildman–Crippen LogP) is 1.51. The molecule has 1 unspecified atom stereocenters. The van der Waals surface area contributed by atoms with Crippen LogP contribution < -0.4 is 5.73 Å². The van der Waals surface area contributed by atoms with Crippen molar-refractivity contribution in [1.82, 2.24) is 0 Å². The molecule has 0 saturated carbocycles. The van der Waals surface area contributed by atoms with Crippen molar-refractivity contribution in [2.45, 2.75) is 25.9 Å². The third kappa shape index (κ3) is 4.61. The second-order valence-corrected chi connectivity index (χ2v) is 3.53. The molecule has 0 fully saturated rings. The summed E-state index contributed by atoms with van der Waals surface area (Å²) in [4.78, 5) is 11.1. The number of nitrogens with two attached hydrogens (primary N) is 1. The SMILES string of the molecule is CC(Cc1ccccc1)OC(=O)CCN. The second-order valence-electron chi connectivity index (χ2n) is 3.53. The topological polar surface area (TPSA) is 52.3 Å². The van der Waals surface area contributed by atoms with Crippen LogP contribution in [-0.4, -0.2) is 18.6 Å². The first kappa shape index (κ1) is 11.7. The van der Waals surface area contributed by atoms with Crippen molar-refractivity contribution < 1.29 is 9.53 Å². The maximum atomic E-state index is 11.1. The van der Waals surface area contributed by atoms with Crippen LogP contribution in [0.15, 0.2) is 30.3 Å². The van der Waals surface area contributed by atoms with Crippen LogP contribution in [0.1, 0.15) is 18.9 Å². The lowest BCUT2D eigenvalue weighted by Crippen LogP contribution is -2.19. The van der Waals surface area contributed by atoms with Crippen LogP contribution in [0.5, 0.6) is 0 Å². The van der Waals surface area contributed by atoms with Crippen LogP contribution in [0.25, 0.3) is 0 Å². The molecule has 0 aliphatic carbocycles. The van der Waals surface area contributed by atoms with E-state index in [2.05, 4.69) is 0 Å². The summed E-state index contributed by atoms with van der Waals surface area (Å²) in [5.74, 6) is -0.221. The first-order valence-electron chi connectivity index (χ1n) is 5.16. The Kier molecular flexibility index (Phi) is 4.84. The van der Waals surface area contributed by atoms with Gasteiger partial charge in [0.25, 0.3) is 0 Å². The van der Waals surface area contributed by atoms with E-state index in [0.29, 0.717) is 13.0 Å². The van der Waals surface area contributed by atoms with Crippen molar-refractivity contribution in [2.75, 3.05) is 6.54 Å². The largest absolute Gasteiger partial charge is 0.462 e. The van der Waals surface area contributed by atoms with Crippen LogP contribution in [0.4, 0.5) is 0 Å². The molecule has 0 aromatic heterocycles. The highest BCUT2D eigenvalue weighted by Gasteiger charge is 2.08. The number of hydrogen-bond acceptors (Lipinski definition) is 3. The summed E-state index contributed by atoms with van der Waals surface area (Å²) in [5.41, 5.74) is 6.43. The van der Waals surface area contributed by atoms with Gasteiger partial charge >= 0.3 is 5.97 Å². The van der Waals surface area contributed by atoms with Crippen LogP contribution in [0.2, 0.25) is 0 Å². The summed E-state index contributed by atoms with van der Waals surface area (Å²) >= 11 is 0. The van der Waals surface area contributed by atoms with E-state index in [0.717, 1.165) is 6.42 Å². The molecular weight excluding hydrogens is 190 g/mol. The number of carbonyl (C=O) groups is 1. The smallest absolute Gasteiger partial charge is 0.307 e. The van der Waals surface area contributed by atoms with Crippen molar-refractivity contribution in [3.8, 4) is 0 Å². The Hall–Kier alpha value is -1.35. The van der Waals surface area contributed by atoms with Gasteiger partial charge in [-0.25, -0.2) is 0 Å². The molecule has 2 N–H and O–H groups in total. The van der Waals surface area contributed by atoms with E-state index in [4.69, 9.17) is 10.5 Å². The molecule has 0 aliphatic heterocycles. The van der Waals surface area contributed by atoms with Crippen molar-refractivity contribution in [2.24, 2.45) is 5.73 Å². The Labute approximate surface area is 90.2 Å². The van der Waals surface area contributed by atoms with Gasteiger partial charge in [-0.05, 0) is 12.5 Å². The summed E-state index contributed by atoms with van der Waals surface area (Å²) in [7, 11) is 0. The van der Waals surface area contributed by atoms with Gasteiger partial charge in [-0.15, -0.1) is 0 Å². The van der Waals surface area contributed by atoms with E-state index in [1.54, 1.807) is 0 Å². The molecule has 3 heteroatoms. The van der Waals surface area contributed by atoms with Crippen LogP contribution in [0, 0.1) is 0 Å². The molecule has 15 heavy (non-hydrogen) atoms. The number of carbonyl (C=O) groups excluding carboxylic acids is 1. The summed E-state index contributed by atoms with van der Waals surface area (Å²) in [5, 5.41) is 0. The molecule has 1 aromatic rings. The van der Waals surface area contributed by atoms with Crippen LogP contribution >= 0.6 is 0 Å². The third-order valence-electron chi connectivity index (χ3n) is 2.05. The van der Waals surface area contributed by atoms with Gasteiger partial charge in [0, 0.05) is 13.0 Å². The molecule has 1 rings (SSSR count). The molecule has 0 bridgehead atoms. The fourth-order valence-corrected chi connectivity index (χ4v) is 1.39. The molecule has 0 spiro atoms. The van der Waals surface area contributed by atoms with E-state index in [1.165, 1.54) is 5.56 Å². The normalized spacial score (nSPS) is 12.1. The van der Waals surface area contributed by atoms with Crippen molar-refractivity contribution in [3.63, 3.8) is 0 Å². The minimum absolute atomic E-state index is 0.0913. The first-order valence-corrected chi connectivity index (χ1v) is 5.16. The maximum absolute atomic E-state index is 11.1. The summed E-state index contributed by atoms with van der Waals surface area (Å²) in [6, 6.07) is 9.96. The Balaban J connectivity index is 2.36. The van der Waals surface area contributed by atoms with Gasteiger partial charge in [0.15, 0.2) is 0 Å². The number of esters is 1. The Morgan fingerprint density at radius 3 is 2.67 bits per heavy atom. The van der Waals surface area contributed by atoms with Gasteiger partial charge in [-0.2, -0.15) is 0 Å². The predicted molar refractivity (Wildman–Crippen MR) is 59.4 cm³/mol. The maximum Gasteiger partial charge on any atom is 0.307 e. The molecule has 1 aromatic carbocycles. The Morgan fingerprint density at radius 1 is 1.40 bits per heavy atom. The van der Waals surface area contributed by atoms with Crippen LogP contribution in [-0.2, 0) is 16.0 Å². The lowest BCUT2D eigenvalue weighted by Gasteiger charge is -2.12. The molecular formula is C12H17NO2. The van der Waals surface area contributed by atoms with Crippen molar-refractivity contribution >= 4 is 5.97 Å². The lowest BCUT2D eigenvalue weighted by molar-refractivity contribution is -0.147.